The van der Waals surface area contributed by atoms with Gasteiger partial charge in [-0.25, -0.2) is 4.39 Å². The highest BCUT2D eigenvalue weighted by Crippen LogP contribution is 2.35. The van der Waals surface area contributed by atoms with Crippen LogP contribution >= 0.6 is 0 Å². The Kier molecular flexibility index (Phi) is 5.07. The molecule has 1 aromatic heterocycles. The first-order valence-electron chi connectivity index (χ1n) is 10.9. The summed E-state index contributed by atoms with van der Waals surface area (Å²) < 4.78 is 19.0. The Labute approximate surface area is 175 Å². The van der Waals surface area contributed by atoms with E-state index in [1.807, 2.05) is 24.3 Å². The number of ether oxygens (including phenoxy) is 1. The van der Waals surface area contributed by atoms with Crippen LogP contribution < -0.4 is 5.32 Å². The fourth-order valence-corrected chi connectivity index (χ4v) is 5.10. The van der Waals surface area contributed by atoms with Crippen LogP contribution in [0.4, 0.5) is 4.39 Å². The second kappa shape index (κ2) is 7.88. The van der Waals surface area contributed by atoms with Gasteiger partial charge in [-0.2, -0.15) is 0 Å². The molecule has 1 aliphatic heterocycles. The lowest BCUT2D eigenvalue weighted by Gasteiger charge is -2.38. The van der Waals surface area contributed by atoms with Crippen molar-refractivity contribution in [3.63, 3.8) is 0 Å². The number of carbonyl (C=O) groups is 1. The van der Waals surface area contributed by atoms with E-state index >= 15 is 0 Å². The van der Waals surface area contributed by atoms with Crippen LogP contribution in [0.1, 0.15) is 52.9 Å². The molecule has 4 nitrogen and oxygen atoms in total. The molecule has 1 amide bonds. The zero-order valence-corrected chi connectivity index (χ0v) is 17.1. The van der Waals surface area contributed by atoms with E-state index in [4.69, 9.17) is 4.74 Å². The molecule has 1 saturated heterocycles. The van der Waals surface area contributed by atoms with Crippen LogP contribution in [0.25, 0.3) is 10.9 Å². The van der Waals surface area contributed by atoms with Crippen molar-refractivity contribution in [2.75, 3.05) is 19.8 Å². The van der Waals surface area contributed by atoms with Gasteiger partial charge in [0, 0.05) is 36.3 Å². The number of aryl methyl sites for hydroxylation is 2. The quantitative estimate of drug-likeness (QED) is 0.662. The third-order valence-corrected chi connectivity index (χ3v) is 6.87. The van der Waals surface area contributed by atoms with Gasteiger partial charge in [0.1, 0.15) is 5.82 Å². The number of amides is 1. The van der Waals surface area contributed by atoms with Gasteiger partial charge in [-0.15, -0.1) is 0 Å². The summed E-state index contributed by atoms with van der Waals surface area (Å²) in [7, 11) is 0. The largest absolute Gasteiger partial charge is 0.381 e. The van der Waals surface area contributed by atoms with Crippen molar-refractivity contribution in [1.82, 2.24) is 10.3 Å². The minimum atomic E-state index is -0.243. The van der Waals surface area contributed by atoms with Gasteiger partial charge < -0.3 is 15.0 Å². The molecule has 156 valence electrons. The predicted molar refractivity (Wildman–Crippen MR) is 115 cm³/mol. The maximum absolute atomic E-state index is 13.5. The van der Waals surface area contributed by atoms with Crippen LogP contribution in [-0.4, -0.2) is 30.6 Å². The maximum Gasteiger partial charge on any atom is 0.253 e. The Balaban J connectivity index is 1.42. The Morgan fingerprint density at radius 1 is 1.07 bits per heavy atom. The fourth-order valence-electron chi connectivity index (χ4n) is 5.10. The maximum atomic E-state index is 13.5. The first-order chi connectivity index (χ1) is 14.7. The predicted octanol–water partition coefficient (Wildman–Crippen LogP) is 4.66. The van der Waals surface area contributed by atoms with Gasteiger partial charge in [-0.3, -0.25) is 4.79 Å². The van der Waals surface area contributed by atoms with E-state index in [1.165, 1.54) is 41.6 Å². The summed E-state index contributed by atoms with van der Waals surface area (Å²) in [6, 6.07) is 12.7. The van der Waals surface area contributed by atoms with Crippen LogP contribution in [-0.2, 0) is 23.0 Å². The first-order valence-corrected chi connectivity index (χ1v) is 10.9. The number of benzene rings is 2. The third kappa shape index (κ3) is 3.41. The van der Waals surface area contributed by atoms with Gasteiger partial charge in [0.15, 0.2) is 0 Å². The number of aromatic amines is 1. The van der Waals surface area contributed by atoms with Crippen molar-refractivity contribution in [3.05, 3.63) is 70.7 Å². The van der Waals surface area contributed by atoms with E-state index < -0.39 is 0 Å². The van der Waals surface area contributed by atoms with E-state index in [0.717, 1.165) is 36.8 Å². The molecule has 5 heteroatoms. The minimum Gasteiger partial charge on any atom is -0.381 e. The molecule has 2 aromatic carbocycles. The third-order valence-electron chi connectivity index (χ3n) is 6.87. The average Bonchev–Trinajstić information content (AvgIpc) is 3.17. The van der Waals surface area contributed by atoms with E-state index in [9.17, 15) is 9.18 Å². The molecular weight excluding hydrogens is 379 g/mol. The summed E-state index contributed by atoms with van der Waals surface area (Å²) in [5.41, 5.74) is 5.13. The number of hydrogen-bond acceptors (Lipinski definition) is 2. The molecule has 2 heterocycles. The molecule has 2 aliphatic rings. The van der Waals surface area contributed by atoms with Gasteiger partial charge in [-0.05, 0) is 67.9 Å². The molecule has 0 atom stereocenters. The van der Waals surface area contributed by atoms with Gasteiger partial charge in [0.2, 0.25) is 0 Å². The molecule has 0 radical (unpaired) electrons. The topological polar surface area (TPSA) is 54.1 Å². The van der Waals surface area contributed by atoms with E-state index in [-0.39, 0.29) is 17.1 Å². The summed E-state index contributed by atoms with van der Waals surface area (Å²) >= 11 is 0. The van der Waals surface area contributed by atoms with E-state index in [1.54, 1.807) is 0 Å². The second-order valence-electron chi connectivity index (χ2n) is 8.60. The number of para-hydroxylation sites is 1. The summed E-state index contributed by atoms with van der Waals surface area (Å²) in [4.78, 5) is 16.7. The lowest BCUT2D eigenvalue weighted by molar-refractivity contribution is 0.0487. The highest BCUT2D eigenvalue weighted by atomic mass is 19.1. The zero-order chi connectivity index (χ0) is 20.6. The van der Waals surface area contributed by atoms with Crippen LogP contribution in [0.2, 0.25) is 0 Å². The number of fused-ring (bicyclic) bond motifs is 3. The normalized spacial score (nSPS) is 18.2. The fraction of sp³-hybridized carbons (Fsp3) is 0.400. The molecule has 5 rings (SSSR count). The number of hydrogen-bond donors (Lipinski definition) is 2. The molecule has 2 N–H and O–H groups in total. The van der Waals surface area contributed by atoms with Crippen molar-refractivity contribution in [2.45, 2.75) is 43.9 Å². The summed E-state index contributed by atoms with van der Waals surface area (Å²) in [5.74, 6) is -0.306. The number of H-pyrrole nitrogens is 1. The Hall–Kier alpha value is -2.66. The molecule has 0 saturated carbocycles. The van der Waals surface area contributed by atoms with Gasteiger partial charge >= 0.3 is 0 Å². The number of halogens is 1. The van der Waals surface area contributed by atoms with Crippen LogP contribution in [0, 0.1) is 5.82 Å². The Morgan fingerprint density at radius 3 is 2.63 bits per heavy atom. The summed E-state index contributed by atoms with van der Waals surface area (Å²) in [6.45, 7) is 1.80. The Morgan fingerprint density at radius 2 is 1.83 bits per heavy atom. The molecule has 30 heavy (non-hydrogen) atoms. The van der Waals surface area contributed by atoms with Gasteiger partial charge in [-0.1, -0.05) is 24.3 Å². The minimum absolute atomic E-state index is 0.0628. The highest BCUT2D eigenvalue weighted by Gasteiger charge is 2.35. The number of rotatable bonds is 4. The van der Waals surface area contributed by atoms with Crippen molar-refractivity contribution >= 4 is 16.8 Å². The average molecular weight is 407 g/mol. The summed E-state index contributed by atoms with van der Waals surface area (Å²) in [6.07, 6.45) is 6.15. The second-order valence-corrected chi connectivity index (χ2v) is 8.60. The number of nitrogens with one attached hydrogen (secondary N) is 2. The van der Waals surface area contributed by atoms with Gasteiger partial charge in [0.25, 0.3) is 5.91 Å². The smallest absolute Gasteiger partial charge is 0.253 e. The van der Waals surface area contributed by atoms with Crippen molar-refractivity contribution < 1.29 is 13.9 Å². The first kappa shape index (κ1) is 19.3. The van der Waals surface area contributed by atoms with Crippen LogP contribution in [0.3, 0.4) is 0 Å². The van der Waals surface area contributed by atoms with Gasteiger partial charge in [0.05, 0.1) is 11.1 Å². The molecule has 3 aromatic rings. The Bertz CT molecular complexity index is 1060. The zero-order valence-electron chi connectivity index (χ0n) is 17.1. The van der Waals surface area contributed by atoms with Crippen LogP contribution in [0.5, 0.6) is 0 Å². The lowest BCUT2D eigenvalue weighted by atomic mass is 9.74. The van der Waals surface area contributed by atoms with E-state index in [2.05, 4.69) is 16.4 Å². The number of aromatic nitrogens is 1. The SMILES string of the molecule is O=C(NCC1(c2ccc(F)cc2)CCOCC1)c1cccc2c3c([nH]c12)CCCC3. The molecule has 0 unspecified atom stereocenters. The molecule has 1 aliphatic carbocycles. The highest BCUT2D eigenvalue weighted by molar-refractivity contribution is 6.06. The molecule has 1 fully saturated rings. The molecule has 0 spiro atoms. The van der Waals surface area contributed by atoms with Crippen LogP contribution in [0.15, 0.2) is 42.5 Å². The van der Waals surface area contributed by atoms with E-state index in [0.29, 0.717) is 25.3 Å². The number of carbonyl (C=O) groups excluding carboxylic acids is 1. The standard InChI is InChI=1S/C25H27FN2O2/c26-18-10-8-17(9-11-18)25(12-14-30-15-13-25)16-27-24(29)21-6-3-5-20-19-4-1-2-7-22(19)28-23(20)21/h3,5-6,8-11,28H,1-2,4,7,12-16H2,(H,27,29). The molecule has 0 bridgehead atoms. The van der Waals surface area contributed by atoms with Crippen molar-refractivity contribution in [3.8, 4) is 0 Å². The molecular formula is C25H27FN2O2. The monoisotopic (exact) mass is 406 g/mol. The van der Waals surface area contributed by atoms with Crippen molar-refractivity contribution in [2.24, 2.45) is 0 Å². The summed E-state index contributed by atoms with van der Waals surface area (Å²) in [5, 5.41) is 4.36. The lowest BCUT2D eigenvalue weighted by Crippen LogP contribution is -2.44. The van der Waals surface area contributed by atoms with Crippen molar-refractivity contribution in [1.29, 1.82) is 0 Å².